The van der Waals surface area contributed by atoms with Crippen molar-refractivity contribution in [3.63, 3.8) is 0 Å². The van der Waals surface area contributed by atoms with Crippen molar-refractivity contribution < 1.29 is 5.11 Å². The second-order valence-electron chi connectivity index (χ2n) is 6.20. The summed E-state index contributed by atoms with van der Waals surface area (Å²) in [4.78, 5) is 6.91. The van der Waals surface area contributed by atoms with Crippen LogP contribution in [0.15, 0.2) is 24.4 Å². The zero-order chi connectivity index (χ0) is 12.1. The Labute approximate surface area is 108 Å². The number of nitrogens with zero attached hydrogens (tertiary/aromatic N) is 2. The van der Waals surface area contributed by atoms with E-state index >= 15 is 0 Å². The lowest BCUT2D eigenvalue weighted by molar-refractivity contribution is 0.0514. The number of aliphatic hydroxyl groups is 1. The minimum absolute atomic E-state index is 0.0579. The standard InChI is InChI=1S/C15H20N2O/c18-15-10-7-11-9-17(14(15)13(11)8-10)6-4-12-3-1-2-5-16-12/h1-3,5,10-11,13-15,18H,4,6-9H2. The van der Waals surface area contributed by atoms with Gasteiger partial charge in [0.05, 0.1) is 6.10 Å². The van der Waals surface area contributed by atoms with Gasteiger partial charge in [0.1, 0.15) is 0 Å². The van der Waals surface area contributed by atoms with Crippen LogP contribution in [-0.4, -0.2) is 40.2 Å². The lowest BCUT2D eigenvalue weighted by Gasteiger charge is -2.28. The molecule has 18 heavy (non-hydrogen) atoms. The largest absolute Gasteiger partial charge is 0.391 e. The molecule has 3 aliphatic rings. The minimum Gasteiger partial charge on any atom is -0.391 e. The molecule has 2 heterocycles. The fraction of sp³-hybridized carbons (Fsp3) is 0.667. The van der Waals surface area contributed by atoms with Gasteiger partial charge in [-0.1, -0.05) is 6.07 Å². The number of aliphatic hydroxyl groups excluding tert-OH is 1. The molecule has 2 bridgehead atoms. The van der Waals surface area contributed by atoms with Gasteiger partial charge in [0, 0.05) is 37.4 Å². The molecule has 3 nitrogen and oxygen atoms in total. The van der Waals surface area contributed by atoms with Crippen molar-refractivity contribution in [2.75, 3.05) is 13.1 Å². The normalized spacial score (nSPS) is 41.7. The van der Waals surface area contributed by atoms with Gasteiger partial charge < -0.3 is 5.11 Å². The van der Waals surface area contributed by atoms with E-state index < -0.39 is 0 Å². The highest BCUT2D eigenvalue weighted by atomic mass is 16.3. The molecule has 1 aromatic rings. The Kier molecular flexibility index (Phi) is 2.45. The van der Waals surface area contributed by atoms with Gasteiger partial charge >= 0.3 is 0 Å². The van der Waals surface area contributed by atoms with Crippen LogP contribution in [0.2, 0.25) is 0 Å². The lowest BCUT2D eigenvalue weighted by Crippen LogP contribution is -2.41. The average molecular weight is 244 g/mol. The minimum atomic E-state index is -0.0579. The van der Waals surface area contributed by atoms with Crippen molar-refractivity contribution in [3.05, 3.63) is 30.1 Å². The van der Waals surface area contributed by atoms with Gasteiger partial charge in [0.2, 0.25) is 0 Å². The molecule has 1 saturated heterocycles. The Balaban J connectivity index is 1.44. The first-order valence-electron chi connectivity index (χ1n) is 7.15. The Morgan fingerprint density at radius 1 is 1.28 bits per heavy atom. The van der Waals surface area contributed by atoms with Gasteiger partial charge in [-0.3, -0.25) is 9.88 Å². The number of aromatic nitrogens is 1. The summed E-state index contributed by atoms with van der Waals surface area (Å²) in [6, 6.07) is 6.57. The molecule has 5 unspecified atom stereocenters. The number of likely N-dealkylation sites (tertiary alicyclic amines) is 1. The molecular formula is C15H20N2O. The Hall–Kier alpha value is -0.930. The third kappa shape index (κ3) is 1.54. The topological polar surface area (TPSA) is 36.4 Å². The maximum Gasteiger partial charge on any atom is 0.0726 e. The van der Waals surface area contributed by atoms with Gasteiger partial charge in [-0.25, -0.2) is 0 Å². The van der Waals surface area contributed by atoms with Crippen LogP contribution in [0.5, 0.6) is 0 Å². The predicted octanol–water partition coefficient (Wildman–Crippen LogP) is 1.33. The van der Waals surface area contributed by atoms with E-state index in [4.69, 9.17) is 0 Å². The lowest BCUT2D eigenvalue weighted by atomic mass is 9.88. The van der Waals surface area contributed by atoms with E-state index in [0.29, 0.717) is 12.0 Å². The summed E-state index contributed by atoms with van der Waals surface area (Å²) in [6.45, 7) is 2.26. The Morgan fingerprint density at radius 3 is 3.00 bits per heavy atom. The quantitative estimate of drug-likeness (QED) is 0.871. The predicted molar refractivity (Wildman–Crippen MR) is 69.0 cm³/mol. The van der Waals surface area contributed by atoms with E-state index in [2.05, 4.69) is 22.0 Å². The van der Waals surface area contributed by atoms with Crippen LogP contribution in [0.25, 0.3) is 0 Å². The fourth-order valence-electron chi connectivity index (χ4n) is 4.60. The van der Waals surface area contributed by atoms with Gasteiger partial charge in [0.15, 0.2) is 0 Å². The maximum atomic E-state index is 10.3. The molecule has 3 heteroatoms. The molecule has 1 aliphatic heterocycles. The van der Waals surface area contributed by atoms with Crippen molar-refractivity contribution in [1.82, 2.24) is 9.88 Å². The molecule has 0 amide bonds. The SMILES string of the molecule is OC1C2CC3CN(CCc4ccccn4)C1C3C2. The smallest absolute Gasteiger partial charge is 0.0726 e. The first kappa shape index (κ1) is 10.9. The molecule has 0 radical (unpaired) electrons. The van der Waals surface area contributed by atoms with Gasteiger partial charge in [-0.05, 0) is 42.7 Å². The fourth-order valence-corrected chi connectivity index (χ4v) is 4.60. The molecule has 5 atom stereocenters. The van der Waals surface area contributed by atoms with Crippen LogP contribution in [0.4, 0.5) is 0 Å². The van der Waals surface area contributed by atoms with Crippen molar-refractivity contribution >= 4 is 0 Å². The highest BCUT2D eigenvalue weighted by Gasteiger charge is 2.58. The van der Waals surface area contributed by atoms with Crippen LogP contribution < -0.4 is 0 Å². The molecule has 96 valence electrons. The molecular weight excluding hydrogens is 224 g/mol. The molecule has 4 rings (SSSR count). The van der Waals surface area contributed by atoms with E-state index in [1.165, 1.54) is 25.1 Å². The summed E-state index contributed by atoms with van der Waals surface area (Å²) in [5, 5.41) is 10.3. The third-order valence-corrected chi connectivity index (χ3v) is 5.33. The van der Waals surface area contributed by atoms with Gasteiger partial charge in [0.25, 0.3) is 0 Å². The zero-order valence-electron chi connectivity index (χ0n) is 10.6. The average Bonchev–Trinajstić information content (AvgIpc) is 2.99. The molecule has 1 N–H and O–H groups in total. The van der Waals surface area contributed by atoms with Crippen LogP contribution in [0, 0.1) is 17.8 Å². The third-order valence-electron chi connectivity index (χ3n) is 5.33. The van der Waals surface area contributed by atoms with E-state index in [-0.39, 0.29) is 6.10 Å². The number of hydrogen-bond donors (Lipinski definition) is 1. The zero-order valence-corrected chi connectivity index (χ0v) is 10.6. The molecule has 2 saturated carbocycles. The summed E-state index contributed by atoms with van der Waals surface area (Å²) in [5.74, 6) is 2.26. The van der Waals surface area contributed by atoms with Crippen LogP contribution in [0.3, 0.4) is 0 Å². The highest BCUT2D eigenvalue weighted by molar-refractivity contribution is 5.11. The first-order chi connectivity index (χ1) is 8.83. The molecule has 0 aromatic carbocycles. The summed E-state index contributed by atoms with van der Waals surface area (Å²) in [7, 11) is 0. The maximum absolute atomic E-state index is 10.3. The van der Waals surface area contributed by atoms with Gasteiger partial charge in [-0.2, -0.15) is 0 Å². The van der Waals surface area contributed by atoms with Crippen molar-refractivity contribution in [1.29, 1.82) is 0 Å². The van der Waals surface area contributed by atoms with E-state index in [0.717, 1.165) is 24.8 Å². The second-order valence-corrected chi connectivity index (χ2v) is 6.20. The summed E-state index contributed by atoms with van der Waals surface area (Å²) < 4.78 is 0. The van der Waals surface area contributed by atoms with E-state index in [1.54, 1.807) is 0 Å². The Bertz CT molecular complexity index is 433. The van der Waals surface area contributed by atoms with E-state index in [1.807, 2.05) is 12.3 Å². The number of fused-ring (bicyclic) bond motifs is 1. The van der Waals surface area contributed by atoms with E-state index in [9.17, 15) is 5.11 Å². The summed E-state index contributed by atoms with van der Waals surface area (Å²) >= 11 is 0. The molecule has 1 aromatic heterocycles. The van der Waals surface area contributed by atoms with Gasteiger partial charge in [-0.15, -0.1) is 0 Å². The Morgan fingerprint density at radius 2 is 2.22 bits per heavy atom. The highest BCUT2D eigenvalue weighted by Crippen LogP contribution is 2.54. The number of rotatable bonds is 3. The summed E-state index contributed by atoms with van der Waals surface area (Å²) in [6.07, 6.45) is 5.36. The van der Waals surface area contributed by atoms with Crippen LogP contribution >= 0.6 is 0 Å². The van der Waals surface area contributed by atoms with Crippen LogP contribution in [-0.2, 0) is 6.42 Å². The van der Waals surface area contributed by atoms with Crippen molar-refractivity contribution in [2.24, 2.45) is 17.8 Å². The first-order valence-corrected chi connectivity index (χ1v) is 7.15. The monoisotopic (exact) mass is 244 g/mol. The van der Waals surface area contributed by atoms with Crippen LogP contribution in [0.1, 0.15) is 18.5 Å². The van der Waals surface area contributed by atoms with Crippen molar-refractivity contribution in [2.45, 2.75) is 31.4 Å². The summed E-state index contributed by atoms with van der Waals surface area (Å²) in [5.41, 5.74) is 1.17. The van der Waals surface area contributed by atoms with Crippen molar-refractivity contribution in [3.8, 4) is 0 Å². The molecule has 3 fully saturated rings. The molecule has 0 spiro atoms. The number of hydrogen-bond acceptors (Lipinski definition) is 3. The second kappa shape index (κ2) is 4.04. The molecule has 2 aliphatic carbocycles. The number of pyridine rings is 1.